The number of piperidine rings is 1. The molecule has 0 saturated carbocycles. The zero-order chi connectivity index (χ0) is 21.2. The number of amides is 1. The first-order chi connectivity index (χ1) is 13.7. The minimum Gasteiger partial charge on any atom is -0.339 e. The average molecular weight is 414 g/mol. The van der Waals surface area contributed by atoms with Crippen LogP contribution >= 0.6 is 0 Å². The van der Waals surface area contributed by atoms with E-state index in [0.717, 1.165) is 36.8 Å². The van der Waals surface area contributed by atoms with Gasteiger partial charge in [0.25, 0.3) is 10.8 Å². The van der Waals surface area contributed by atoms with Gasteiger partial charge in [-0.05, 0) is 48.6 Å². The maximum atomic E-state index is 12.8. The van der Waals surface area contributed by atoms with E-state index >= 15 is 0 Å². The smallest absolute Gasteiger partial charge is 0.335 e. The van der Waals surface area contributed by atoms with Crippen molar-refractivity contribution in [1.82, 2.24) is 4.90 Å². The van der Waals surface area contributed by atoms with Gasteiger partial charge in [0.15, 0.2) is 9.84 Å². The van der Waals surface area contributed by atoms with Gasteiger partial charge in [-0.2, -0.15) is 5.26 Å². The van der Waals surface area contributed by atoms with Crippen LogP contribution in [0.4, 0.5) is 5.69 Å². The predicted molar refractivity (Wildman–Crippen MR) is 104 cm³/mol. The van der Waals surface area contributed by atoms with Crippen LogP contribution in [-0.4, -0.2) is 48.7 Å². The first-order valence-corrected chi connectivity index (χ1v) is 10.9. The molecule has 0 radical (unpaired) electrons. The summed E-state index contributed by atoms with van der Waals surface area (Å²) in [5.74, 6) is -0.0454. The molecule has 1 aliphatic heterocycles. The van der Waals surface area contributed by atoms with Gasteiger partial charge in [-0.25, -0.2) is 13.6 Å². The van der Waals surface area contributed by atoms with Crippen LogP contribution in [0.5, 0.6) is 0 Å². The molecule has 8 nitrogen and oxygen atoms in total. The molecule has 1 fully saturated rings. The molecule has 1 saturated heterocycles. The molecular formula is C20H20N3O5S+. The summed E-state index contributed by atoms with van der Waals surface area (Å²) in [5, 5.41) is 18.1. The minimum absolute atomic E-state index is 0.138. The lowest BCUT2D eigenvalue weighted by molar-refractivity contribution is -0.731. The number of hydrogen-bond acceptors (Lipinski definition) is 5. The highest BCUT2D eigenvalue weighted by Gasteiger charge is 2.30. The van der Waals surface area contributed by atoms with Crippen molar-refractivity contribution in [1.29, 1.82) is 5.26 Å². The van der Waals surface area contributed by atoms with E-state index in [4.69, 9.17) is 5.26 Å². The van der Waals surface area contributed by atoms with Crippen LogP contribution in [0.1, 0.15) is 40.2 Å². The van der Waals surface area contributed by atoms with E-state index in [1.54, 1.807) is 17.0 Å². The second kappa shape index (κ2) is 8.01. The summed E-state index contributed by atoms with van der Waals surface area (Å²) in [4.78, 5) is 24.9. The van der Waals surface area contributed by atoms with Crippen LogP contribution in [-0.2, 0) is 9.84 Å². The van der Waals surface area contributed by atoms with E-state index in [9.17, 15) is 23.3 Å². The molecule has 9 heteroatoms. The van der Waals surface area contributed by atoms with Crippen LogP contribution in [0.3, 0.4) is 0 Å². The Bertz CT molecular complexity index is 1100. The summed E-state index contributed by atoms with van der Waals surface area (Å²) >= 11 is 0. The standard InChI is InChI=1S/C20H20N3O5S/c1-29(27,28)19-7-6-17(12-18(19)23(25)26)20(24)22-10-8-16(9-11-22)15-4-2-14(13-21)3-5-15/h2-7,12,16H,8-11H2,1H3,(H,25,26)/q+1. The van der Waals surface area contributed by atoms with Crippen molar-refractivity contribution in [3.63, 3.8) is 0 Å². The molecule has 0 aromatic heterocycles. The summed E-state index contributed by atoms with van der Waals surface area (Å²) in [7, 11) is -3.74. The molecule has 0 unspecified atom stereocenters. The maximum absolute atomic E-state index is 12.8. The van der Waals surface area contributed by atoms with Crippen LogP contribution in [0.25, 0.3) is 0 Å². The van der Waals surface area contributed by atoms with Crippen LogP contribution in [0.15, 0.2) is 47.4 Å². The second-order valence-corrected chi connectivity index (χ2v) is 9.01. The van der Waals surface area contributed by atoms with E-state index < -0.39 is 20.4 Å². The van der Waals surface area contributed by atoms with Crippen molar-refractivity contribution < 1.29 is 23.3 Å². The summed E-state index contributed by atoms with van der Waals surface area (Å²) in [6, 6.07) is 13.1. The van der Waals surface area contributed by atoms with Crippen molar-refractivity contribution in [2.24, 2.45) is 0 Å². The van der Waals surface area contributed by atoms with Gasteiger partial charge < -0.3 is 4.90 Å². The molecule has 2 aromatic rings. The Hall–Kier alpha value is -3.25. The second-order valence-electron chi connectivity index (χ2n) is 7.03. The van der Waals surface area contributed by atoms with Gasteiger partial charge in [-0.15, -0.1) is 0 Å². The molecule has 1 aliphatic rings. The Morgan fingerprint density at radius 1 is 1.17 bits per heavy atom. The summed E-state index contributed by atoms with van der Waals surface area (Å²) in [6.07, 6.45) is 2.42. The van der Waals surface area contributed by atoms with Gasteiger partial charge in [-0.3, -0.25) is 4.79 Å². The molecule has 1 N–H and O–H groups in total. The van der Waals surface area contributed by atoms with E-state index in [2.05, 4.69) is 6.07 Å². The number of hydrogen-bond donors (Lipinski definition) is 1. The van der Waals surface area contributed by atoms with E-state index in [1.165, 1.54) is 6.07 Å². The number of nitriles is 1. The van der Waals surface area contributed by atoms with E-state index in [-0.39, 0.29) is 22.3 Å². The van der Waals surface area contributed by atoms with Crippen molar-refractivity contribution in [3.8, 4) is 6.07 Å². The molecule has 3 rings (SSSR count). The number of rotatable bonds is 4. The van der Waals surface area contributed by atoms with Gasteiger partial charge in [0.1, 0.15) is 4.90 Å². The van der Waals surface area contributed by atoms with Gasteiger partial charge in [0.05, 0.1) is 16.5 Å². The topological polar surface area (TPSA) is 119 Å². The molecule has 0 spiro atoms. The Balaban J connectivity index is 1.74. The minimum atomic E-state index is -3.74. The lowest BCUT2D eigenvalue weighted by Gasteiger charge is -2.32. The van der Waals surface area contributed by atoms with Crippen LogP contribution < -0.4 is 0 Å². The SMILES string of the molecule is CS(=O)(=O)c1ccc(C(=O)N2CCC(c3ccc(C#N)cc3)CC2)cc1[N+](=O)O. The molecule has 1 amide bonds. The fourth-order valence-electron chi connectivity index (χ4n) is 3.54. The third-order valence-electron chi connectivity index (χ3n) is 5.10. The molecule has 2 aromatic carbocycles. The highest BCUT2D eigenvalue weighted by Crippen LogP contribution is 2.30. The van der Waals surface area contributed by atoms with Crippen LogP contribution in [0, 0.1) is 16.2 Å². The number of sulfone groups is 1. The molecule has 0 bridgehead atoms. The summed E-state index contributed by atoms with van der Waals surface area (Å²) in [6.45, 7) is 1.01. The van der Waals surface area contributed by atoms with E-state index in [1.807, 2.05) is 12.1 Å². The lowest BCUT2D eigenvalue weighted by atomic mass is 9.89. The number of carbonyl (C=O) groups is 1. The highest BCUT2D eigenvalue weighted by atomic mass is 32.2. The molecule has 150 valence electrons. The third-order valence-corrected chi connectivity index (χ3v) is 6.25. The number of nitrogens with zero attached hydrogens (tertiary/aromatic N) is 3. The fraction of sp³-hybridized carbons (Fsp3) is 0.300. The van der Waals surface area contributed by atoms with E-state index in [0.29, 0.717) is 18.7 Å². The van der Waals surface area contributed by atoms with Gasteiger partial charge in [-0.1, -0.05) is 12.1 Å². The molecule has 1 heterocycles. The molecule has 0 atom stereocenters. The Morgan fingerprint density at radius 3 is 2.31 bits per heavy atom. The number of benzene rings is 2. The van der Waals surface area contributed by atoms with Crippen molar-refractivity contribution >= 4 is 21.4 Å². The van der Waals surface area contributed by atoms with Crippen molar-refractivity contribution in [2.75, 3.05) is 19.3 Å². The van der Waals surface area contributed by atoms with Gasteiger partial charge >= 0.3 is 5.69 Å². The zero-order valence-electron chi connectivity index (χ0n) is 15.8. The average Bonchev–Trinajstić information content (AvgIpc) is 2.72. The monoisotopic (exact) mass is 414 g/mol. The normalized spacial score (nSPS) is 15.0. The fourth-order valence-corrected chi connectivity index (χ4v) is 4.37. The molecule has 0 aliphatic carbocycles. The Labute approximate surface area is 168 Å². The van der Waals surface area contributed by atoms with Crippen molar-refractivity contribution in [3.05, 3.63) is 64.1 Å². The van der Waals surface area contributed by atoms with Crippen LogP contribution in [0.2, 0.25) is 0 Å². The number of likely N-dealkylation sites (tertiary alicyclic amines) is 1. The summed E-state index contributed by atoms with van der Waals surface area (Å²) < 4.78 is 23.5. The first-order valence-electron chi connectivity index (χ1n) is 9.00. The zero-order valence-corrected chi connectivity index (χ0v) is 16.6. The maximum Gasteiger partial charge on any atom is 0.335 e. The van der Waals surface area contributed by atoms with Crippen molar-refractivity contribution in [2.45, 2.75) is 23.7 Å². The number of carbonyl (C=O) groups excluding carboxylic acids is 1. The molecule has 29 heavy (non-hydrogen) atoms. The predicted octanol–water partition coefficient (Wildman–Crippen LogP) is 2.78. The van der Waals surface area contributed by atoms with Gasteiger partial charge in [0.2, 0.25) is 0 Å². The first kappa shape index (κ1) is 20.5. The Morgan fingerprint density at radius 2 is 1.79 bits per heavy atom. The van der Waals surface area contributed by atoms with Gasteiger partial charge in [0, 0.05) is 31.0 Å². The largest absolute Gasteiger partial charge is 0.339 e. The molecular weight excluding hydrogens is 394 g/mol. The summed E-state index contributed by atoms with van der Waals surface area (Å²) in [5.41, 5.74) is 1.38. The third kappa shape index (κ3) is 4.43. The quantitative estimate of drug-likeness (QED) is 0.769. The Kier molecular flexibility index (Phi) is 5.66. The lowest BCUT2D eigenvalue weighted by Crippen LogP contribution is -2.38. The highest BCUT2D eigenvalue weighted by molar-refractivity contribution is 7.90.